The van der Waals surface area contributed by atoms with E-state index in [0.717, 1.165) is 0 Å². The van der Waals surface area contributed by atoms with Gasteiger partial charge in [-0.2, -0.15) is 0 Å². The van der Waals surface area contributed by atoms with Gasteiger partial charge in [-0.05, 0) is 18.6 Å². The Hall–Kier alpha value is -1.82. The molecule has 0 spiro atoms. The first-order valence-electron chi connectivity index (χ1n) is 4.97. The third-order valence-electron chi connectivity index (χ3n) is 2.68. The van der Waals surface area contributed by atoms with E-state index in [0.29, 0.717) is 0 Å². The quantitative estimate of drug-likeness (QED) is 0.766. The summed E-state index contributed by atoms with van der Waals surface area (Å²) in [6, 6.07) is 6.02. The lowest BCUT2D eigenvalue weighted by Crippen LogP contribution is -2.16. The van der Waals surface area contributed by atoms with E-state index in [9.17, 15) is 18.3 Å². The molecule has 1 amide bonds. The van der Waals surface area contributed by atoms with E-state index in [-0.39, 0.29) is 34.0 Å². The Morgan fingerprint density at radius 2 is 1.94 bits per heavy atom. The van der Waals surface area contributed by atoms with Crippen LogP contribution in [0.4, 0.5) is 0 Å². The van der Waals surface area contributed by atoms with Gasteiger partial charge in [0.25, 0.3) is 0 Å². The normalized spacial score (nSPS) is 18.4. The van der Waals surface area contributed by atoms with Gasteiger partial charge < -0.3 is 10.8 Å². The molecule has 6 heteroatoms. The summed E-state index contributed by atoms with van der Waals surface area (Å²) in [6.45, 7) is 0. The van der Waals surface area contributed by atoms with Crippen molar-refractivity contribution in [2.45, 2.75) is 11.3 Å². The van der Waals surface area contributed by atoms with Gasteiger partial charge in [-0.15, -0.1) is 0 Å². The number of carbonyl (C=O) groups excluding carboxylic acids is 1. The highest BCUT2D eigenvalue weighted by molar-refractivity contribution is 7.91. The first-order chi connectivity index (χ1) is 7.93. The number of benzene rings is 1. The van der Waals surface area contributed by atoms with E-state index in [2.05, 4.69) is 0 Å². The lowest BCUT2D eigenvalue weighted by Gasteiger charge is -2.05. The summed E-state index contributed by atoms with van der Waals surface area (Å²) in [5, 5.41) is 9.92. The second kappa shape index (κ2) is 3.89. The molecule has 17 heavy (non-hydrogen) atoms. The minimum atomic E-state index is -3.49. The molecule has 1 aliphatic heterocycles. The number of hydrogen-bond donors (Lipinski definition) is 2. The molecule has 5 nitrogen and oxygen atoms in total. The number of aliphatic hydroxyl groups is 1. The Bertz CT molecular complexity index is 616. The van der Waals surface area contributed by atoms with E-state index >= 15 is 0 Å². The molecule has 1 aromatic rings. The number of sulfone groups is 1. The van der Waals surface area contributed by atoms with Crippen LogP contribution in [0.15, 0.2) is 34.7 Å². The molecule has 1 aliphatic rings. The smallest absolute Gasteiger partial charge is 0.248 e. The molecular formula is C11H11NO4S. The molecule has 0 aliphatic carbocycles. The lowest BCUT2D eigenvalue weighted by atomic mass is 10.1. The lowest BCUT2D eigenvalue weighted by molar-refractivity contribution is -0.114. The summed E-state index contributed by atoms with van der Waals surface area (Å²) in [7, 11) is -3.49. The maximum Gasteiger partial charge on any atom is 0.248 e. The van der Waals surface area contributed by atoms with Crippen molar-refractivity contribution in [2.24, 2.45) is 5.73 Å². The van der Waals surface area contributed by atoms with E-state index in [4.69, 9.17) is 5.73 Å². The van der Waals surface area contributed by atoms with Gasteiger partial charge in [0.2, 0.25) is 5.91 Å². The largest absolute Gasteiger partial charge is 0.507 e. The molecule has 0 fully saturated rings. The number of rotatable bonds is 1. The molecule has 0 radical (unpaired) electrons. The van der Waals surface area contributed by atoms with Crippen LogP contribution in [0.5, 0.6) is 0 Å². The molecule has 90 valence electrons. The molecule has 0 aromatic heterocycles. The fraction of sp³-hybridized carbons (Fsp3) is 0.182. The van der Waals surface area contributed by atoms with Gasteiger partial charge in [0.15, 0.2) is 9.84 Å². The predicted molar refractivity (Wildman–Crippen MR) is 61.9 cm³/mol. The average Bonchev–Trinajstić information content (AvgIpc) is 2.37. The van der Waals surface area contributed by atoms with Crippen molar-refractivity contribution in [3.05, 3.63) is 35.4 Å². The van der Waals surface area contributed by atoms with Crippen molar-refractivity contribution in [1.82, 2.24) is 0 Å². The maximum absolute atomic E-state index is 11.9. The van der Waals surface area contributed by atoms with Crippen molar-refractivity contribution >= 4 is 21.5 Å². The van der Waals surface area contributed by atoms with Crippen molar-refractivity contribution in [2.75, 3.05) is 5.75 Å². The van der Waals surface area contributed by atoms with Crippen molar-refractivity contribution < 1.29 is 18.3 Å². The maximum atomic E-state index is 11.9. The predicted octanol–water partition coefficient (Wildman–Crippen LogP) is 0.618. The second-order valence-electron chi connectivity index (χ2n) is 3.76. The Balaban J connectivity index is 2.76. The van der Waals surface area contributed by atoms with Gasteiger partial charge in [0.05, 0.1) is 16.2 Å². The first kappa shape index (κ1) is 11.7. The SMILES string of the molecule is NC(=O)C1=C(O)c2ccccc2S(=O)(=O)CC1. The second-order valence-corrected chi connectivity index (χ2v) is 5.83. The van der Waals surface area contributed by atoms with Crippen molar-refractivity contribution in [3.63, 3.8) is 0 Å². The van der Waals surface area contributed by atoms with Gasteiger partial charge in [-0.1, -0.05) is 12.1 Å². The highest BCUT2D eigenvalue weighted by Gasteiger charge is 2.28. The molecule has 1 heterocycles. The Morgan fingerprint density at radius 1 is 1.29 bits per heavy atom. The molecular weight excluding hydrogens is 242 g/mol. The Labute approximate surface area is 98.5 Å². The number of carbonyl (C=O) groups is 1. The summed E-state index contributed by atoms with van der Waals surface area (Å²) >= 11 is 0. The molecule has 0 atom stereocenters. The zero-order valence-corrected chi connectivity index (χ0v) is 9.70. The highest BCUT2D eigenvalue weighted by Crippen LogP contribution is 2.30. The zero-order valence-electron chi connectivity index (χ0n) is 8.88. The minimum absolute atomic E-state index is 0.0359. The molecule has 1 aromatic carbocycles. The summed E-state index contributed by atoms with van der Waals surface area (Å²) in [6.07, 6.45) is -0.0712. The van der Waals surface area contributed by atoms with Crippen LogP contribution in [0.1, 0.15) is 12.0 Å². The highest BCUT2D eigenvalue weighted by atomic mass is 32.2. The number of primary amides is 1. The Morgan fingerprint density at radius 3 is 2.59 bits per heavy atom. The first-order valence-corrected chi connectivity index (χ1v) is 6.63. The summed E-state index contributed by atoms with van der Waals surface area (Å²) < 4.78 is 23.8. The molecule has 0 unspecified atom stereocenters. The topological polar surface area (TPSA) is 97.5 Å². The average molecular weight is 253 g/mol. The molecule has 0 saturated carbocycles. The molecule has 2 rings (SSSR count). The van der Waals surface area contributed by atoms with E-state index in [1.165, 1.54) is 12.1 Å². The number of amides is 1. The van der Waals surface area contributed by atoms with E-state index < -0.39 is 15.7 Å². The van der Waals surface area contributed by atoms with Gasteiger partial charge in [-0.3, -0.25) is 4.79 Å². The van der Waals surface area contributed by atoms with Crippen LogP contribution in [0.3, 0.4) is 0 Å². The fourth-order valence-electron chi connectivity index (χ4n) is 1.80. The van der Waals surface area contributed by atoms with Crippen LogP contribution in [0, 0.1) is 0 Å². The third kappa shape index (κ3) is 1.91. The fourth-order valence-corrected chi connectivity index (χ4v) is 3.28. The van der Waals surface area contributed by atoms with Crippen LogP contribution < -0.4 is 5.73 Å². The van der Waals surface area contributed by atoms with Crippen molar-refractivity contribution in [3.8, 4) is 0 Å². The minimum Gasteiger partial charge on any atom is -0.507 e. The molecule has 0 bridgehead atoms. The van der Waals surface area contributed by atoms with Crippen LogP contribution in [0.25, 0.3) is 5.76 Å². The van der Waals surface area contributed by atoms with Crippen LogP contribution in [-0.4, -0.2) is 25.2 Å². The van der Waals surface area contributed by atoms with Crippen LogP contribution in [0.2, 0.25) is 0 Å². The number of fused-ring (bicyclic) bond motifs is 1. The summed E-state index contributed by atoms with van der Waals surface area (Å²) in [5.41, 5.74) is 5.22. The van der Waals surface area contributed by atoms with Gasteiger partial charge >= 0.3 is 0 Å². The van der Waals surface area contributed by atoms with Gasteiger partial charge in [0, 0.05) is 5.56 Å². The van der Waals surface area contributed by atoms with Gasteiger partial charge in [0.1, 0.15) is 5.76 Å². The molecule has 0 saturated heterocycles. The summed E-state index contributed by atoms with van der Waals surface area (Å²) in [5.74, 6) is -1.37. The van der Waals surface area contributed by atoms with E-state index in [1.54, 1.807) is 12.1 Å². The van der Waals surface area contributed by atoms with Crippen molar-refractivity contribution in [1.29, 1.82) is 0 Å². The van der Waals surface area contributed by atoms with Gasteiger partial charge in [-0.25, -0.2) is 8.42 Å². The van der Waals surface area contributed by atoms with Crippen LogP contribution in [-0.2, 0) is 14.6 Å². The Kier molecular flexibility index (Phi) is 2.66. The zero-order chi connectivity index (χ0) is 12.6. The number of aliphatic hydroxyl groups excluding tert-OH is 1. The summed E-state index contributed by atoms with van der Waals surface area (Å²) in [4.78, 5) is 11.2. The number of hydrogen-bond acceptors (Lipinski definition) is 4. The van der Waals surface area contributed by atoms with E-state index in [1.807, 2.05) is 0 Å². The third-order valence-corrected chi connectivity index (χ3v) is 4.45. The molecule has 3 N–H and O–H groups in total. The van der Waals surface area contributed by atoms with Crippen LogP contribution >= 0.6 is 0 Å². The standard InChI is InChI=1S/C11H11NO4S/c12-11(14)8-5-6-17(15,16)9-4-2-1-3-7(9)10(8)13/h1-4,13H,5-6H2,(H2,12,14). The number of nitrogens with two attached hydrogens (primary N) is 1. The monoisotopic (exact) mass is 253 g/mol.